The molecule has 3 N–H and O–H groups in total. The number of amides is 4. The highest BCUT2D eigenvalue weighted by atomic mass is 16.5. The van der Waals surface area contributed by atoms with Gasteiger partial charge in [-0.2, -0.15) is 0 Å². The van der Waals surface area contributed by atoms with E-state index in [-0.39, 0.29) is 19.0 Å². The van der Waals surface area contributed by atoms with E-state index in [4.69, 9.17) is 9.47 Å². The fraction of sp³-hybridized carbons (Fsp3) is 0.438. The van der Waals surface area contributed by atoms with Crippen LogP contribution in [0.3, 0.4) is 0 Å². The van der Waals surface area contributed by atoms with Gasteiger partial charge in [-0.3, -0.25) is 19.8 Å². The number of likely N-dealkylation sites (N-methyl/N-ethyl adjacent to an activating group) is 1. The second kappa shape index (κ2) is 11.0. The van der Waals surface area contributed by atoms with E-state index in [1.807, 2.05) is 0 Å². The average Bonchev–Trinajstić information content (AvgIpc) is 2.55. The van der Waals surface area contributed by atoms with Crippen LogP contribution in [0, 0.1) is 0 Å². The second-order valence-electron chi connectivity index (χ2n) is 5.25. The zero-order valence-electron chi connectivity index (χ0n) is 14.6. The van der Waals surface area contributed by atoms with Crippen molar-refractivity contribution in [1.82, 2.24) is 15.5 Å². The van der Waals surface area contributed by atoms with E-state index in [1.165, 1.54) is 4.90 Å². The molecule has 1 aromatic carbocycles. The summed E-state index contributed by atoms with van der Waals surface area (Å²) in [6.07, 6.45) is 0. The van der Waals surface area contributed by atoms with E-state index < -0.39 is 11.9 Å². The van der Waals surface area contributed by atoms with Gasteiger partial charge in [0.1, 0.15) is 5.75 Å². The molecule has 4 amide bonds. The lowest BCUT2D eigenvalue weighted by Crippen LogP contribution is -2.44. The first-order chi connectivity index (χ1) is 11.9. The number of hydrogen-bond donors (Lipinski definition) is 3. The number of imide groups is 1. The first kappa shape index (κ1) is 20.4. The van der Waals surface area contributed by atoms with Crippen molar-refractivity contribution in [3.63, 3.8) is 0 Å². The summed E-state index contributed by atoms with van der Waals surface area (Å²) in [6.45, 7) is 0.770. The summed E-state index contributed by atoms with van der Waals surface area (Å²) in [7, 11) is 4.69. The molecular weight excluding hydrogens is 328 g/mol. The number of carbonyl (C=O) groups excluding carboxylic acids is 3. The number of ether oxygens (including phenoxy) is 2. The molecule has 9 nitrogen and oxygen atoms in total. The van der Waals surface area contributed by atoms with Crippen LogP contribution in [-0.4, -0.2) is 70.3 Å². The smallest absolute Gasteiger partial charge is 0.325 e. The number of methoxy groups -OCH3 is 2. The molecule has 9 heteroatoms. The van der Waals surface area contributed by atoms with Crippen LogP contribution in [0.2, 0.25) is 0 Å². The molecule has 138 valence electrons. The van der Waals surface area contributed by atoms with E-state index in [0.29, 0.717) is 24.6 Å². The van der Waals surface area contributed by atoms with Crippen molar-refractivity contribution in [2.45, 2.75) is 0 Å². The van der Waals surface area contributed by atoms with Gasteiger partial charge in [-0.1, -0.05) is 0 Å². The van der Waals surface area contributed by atoms with Crippen LogP contribution in [0.15, 0.2) is 24.3 Å². The van der Waals surface area contributed by atoms with Gasteiger partial charge >= 0.3 is 6.03 Å². The highest BCUT2D eigenvalue weighted by Crippen LogP contribution is 2.14. The van der Waals surface area contributed by atoms with Crippen molar-refractivity contribution in [1.29, 1.82) is 0 Å². The molecule has 0 aromatic heterocycles. The van der Waals surface area contributed by atoms with Gasteiger partial charge < -0.3 is 20.1 Å². The monoisotopic (exact) mass is 352 g/mol. The third-order valence-corrected chi connectivity index (χ3v) is 3.06. The number of anilines is 1. The van der Waals surface area contributed by atoms with Crippen LogP contribution >= 0.6 is 0 Å². The number of carbonyl (C=O) groups is 3. The molecule has 0 aliphatic carbocycles. The first-order valence-corrected chi connectivity index (χ1v) is 7.63. The third-order valence-electron chi connectivity index (χ3n) is 3.06. The molecule has 0 aliphatic heterocycles. The molecule has 0 bridgehead atoms. The molecule has 1 aromatic rings. The van der Waals surface area contributed by atoms with Gasteiger partial charge in [-0.05, 0) is 31.3 Å². The van der Waals surface area contributed by atoms with Crippen LogP contribution < -0.4 is 20.7 Å². The Labute approximate surface area is 146 Å². The zero-order chi connectivity index (χ0) is 18.7. The maximum absolute atomic E-state index is 11.8. The largest absolute Gasteiger partial charge is 0.497 e. The SMILES string of the molecule is COCCNC(=O)CN(C)CC(=O)NC(=O)Nc1ccc(OC)cc1. The van der Waals surface area contributed by atoms with Crippen molar-refractivity contribution < 1.29 is 23.9 Å². The van der Waals surface area contributed by atoms with Gasteiger partial charge in [0.25, 0.3) is 0 Å². The molecular formula is C16H24N4O5. The van der Waals surface area contributed by atoms with E-state index in [0.717, 1.165) is 0 Å². The van der Waals surface area contributed by atoms with Gasteiger partial charge in [0.2, 0.25) is 11.8 Å². The maximum atomic E-state index is 11.8. The predicted molar refractivity (Wildman–Crippen MR) is 92.5 cm³/mol. The van der Waals surface area contributed by atoms with E-state index in [9.17, 15) is 14.4 Å². The highest BCUT2D eigenvalue weighted by Gasteiger charge is 2.13. The minimum atomic E-state index is -0.645. The Morgan fingerprint density at radius 2 is 1.68 bits per heavy atom. The minimum Gasteiger partial charge on any atom is -0.497 e. The summed E-state index contributed by atoms with van der Waals surface area (Å²) in [4.78, 5) is 36.7. The lowest BCUT2D eigenvalue weighted by atomic mass is 10.3. The third kappa shape index (κ3) is 8.68. The molecule has 0 aliphatic rings. The number of nitrogens with zero attached hydrogens (tertiary/aromatic N) is 1. The maximum Gasteiger partial charge on any atom is 0.325 e. The fourth-order valence-electron chi connectivity index (χ4n) is 1.90. The van der Waals surface area contributed by atoms with E-state index >= 15 is 0 Å². The zero-order valence-corrected chi connectivity index (χ0v) is 14.6. The topological polar surface area (TPSA) is 109 Å². The summed E-state index contributed by atoms with van der Waals surface area (Å²) < 4.78 is 9.84. The van der Waals surface area contributed by atoms with Crippen molar-refractivity contribution in [2.75, 3.05) is 52.8 Å². The summed E-state index contributed by atoms with van der Waals surface area (Å²) in [6, 6.07) is 6.03. The minimum absolute atomic E-state index is 0.0389. The van der Waals surface area contributed by atoms with Crippen molar-refractivity contribution in [2.24, 2.45) is 0 Å². The quantitative estimate of drug-likeness (QED) is 0.542. The summed E-state index contributed by atoms with van der Waals surface area (Å²) in [5.74, 6) is -0.0827. The van der Waals surface area contributed by atoms with Crippen LogP contribution in [0.5, 0.6) is 5.75 Å². The molecule has 0 saturated heterocycles. The first-order valence-electron chi connectivity index (χ1n) is 7.63. The van der Waals surface area contributed by atoms with Gasteiger partial charge in [0.15, 0.2) is 0 Å². The Hall–Kier alpha value is -2.65. The van der Waals surface area contributed by atoms with Crippen LogP contribution in [0.4, 0.5) is 10.5 Å². The van der Waals surface area contributed by atoms with Gasteiger partial charge in [0, 0.05) is 19.3 Å². The summed E-state index contributed by atoms with van der Waals surface area (Å²) >= 11 is 0. The second-order valence-corrected chi connectivity index (χ2v) is 5.25. The standard InChI is InChI=1S/C16H24N4O5/c1-20(10-14(21)17-8-9-24-2)11-15(22)19-16(23)18-12-4-6-13(25-3)7-5-12/h4-7H,8-11H2,1-3H3,(H,17,21)(H2,18,19,22,23). The van der Waals surface area contributed by atoms with Gasteiger partial charge in [-0.25, -0.2) is 4.79 Å². The molecule has 0 fully saturated rings. The molecule has 0 saturated carbocycles. The Balaban J connectivity index is 2.31. The van der Waals surface area contributed by atoms with Gasteiger partial charge in [0.05, 0.1) is 26.8 Å². The predicted octanol–water partition coefficient (Wildman–Crippen LogP) is 0.0377. The van der Waals surface area contributed by atoms with Crippen molar-refractivity contribution in [3.05, 3.63) is 24.3 Å². The Morgan fingerprint density at radius 1 is 1.04 bits per heavy atom. The van der Waals surface area contributed by atoms with Crippen LogP contribution in [-0.2, 0) is 14.3 Å². The van der Waals surface area contributed by atoms with E-state index in [1.54, 1.807) is 45.5 Å². The number of benzene rings is 1. The van der Waals surface area contributed by atoms with Gasteiger partial charge in [-0.15, -0.1) is 0 Å². The lowest BCUT2D eigenvalue weighted by molar-refractivity contribution is -0.124. The van der Waals surface area contributed by atoms with E-state index in [2.05, 4.69) is 16.0 Å². The normalized spacial score (nSPS) is 10.2. The fourth-order valence-corrected chi connectivity index (χ4v) is 1.90. The number of nitrogens with one attached hydrogen (secondary N) is 3. The Bertz CT molecular complexity index is 576. The summed E-state index contributed by atoms with van der Waals surface area (Å²) in [5, 5.41) is 7.38. The molecule has 0 heterocycles. The molecule has 1 rings (SSSR count). The molecule has 25 heavy (non-hydrogen) atoms. The Kier molecular flexibility index (Phi) is 8.97. The average molecular weight is 352 g/mol. The summed E-state index contributed by atoms with van der Waals surface area (Å²) in [5.41, 5.74) is 0.525. The molecule has 0 spiro atoms. The molecule has 0 atom stereocenters. The number of rotatable bonds is 9. The Morgan fingerprint density at radius 3 is 2.28 bits per heavy atom. The van der Waals surface area contributed by atoms with Crippen molar-refractivity contribution >= 4 is 23.5 Å². The highest BCUT2D eigenvalue weighted by molar-refractivity contribution is 6.01. The number of urea groups is 1. The number of hydrogen-bond acceptors (Lipinski definition) is 6. The van der Waals surface area contributed by atoms with Crippen molar-refractivity contribution in [3.8, 4) is 5.75 Å². The lowest BCUT2D eigenvalue weighted by Gasteiger charge is -2.15. The molecule has 0 radical (unpaired) electrons. The molecule has 0 unspecified atom stereocenters. The van der Waals surface area contributed by atoms with Crippen LogP contribution in [0.25, 0.3) is 0 Å². The van der Waals surface area contributed by atoms with Crippen LogP contribution in [0.1, 0.15) is 0 Å².